The molecule has 2 bridgehead atoms. The molecule has 0 amide bonds. The number of carboxylic acid groups (broad SMARTS) is 2. The predicted octanol–water partition coefficient (Wildman–Crippen LogP) is 2.64. The Morgan fingerprint density at radius 2 is 1.76 bits per heavy atom. The molecule has 0 aliphatic carbocycles. The third-order valence-corrected chi connectivity index (χ3v) is 5.94. The van der Waals surface area contributed by atoms with Crippen molar-refractivity contribution in [3.63, 3.8) is 0 Å². The van der Waals surface area contributed by atoms with Crippen molar-refractivity contribution in [1.29, 1.82) is 0 Å². The zero-order chi connectivity index (χ0) is 24.8. The van der Waals surface area contributed by atoms with Gasteiger partial charge in [0.25, 0.3) is 12.9 Å². The van der Waals surface area contributed by atoms with Gasteiger partial charge in [0.05, 0.1) is 25.6 Å². The van der Waals surface area contributed by atoms with Crippen molar-refractivity contribution in [3.05, 3.63) is 42.5 Å². The Morgan fingerprint density at radius 3 is 2.35 bits per heavy atom. The first-order chi connectivity index (χ1) is 16.6. The molecule has 188 valence electrons. The van der Waals surface area contributed by atoms with Crippen LogP contribution in [0.15, 0.2) is 36.9 Å². The van der Waals surface area contributed by atoms with E-state index in [1.807, 2.05) is 23.8 Å². The predicted molar refractivity (Wildman–Crippen MR) is 125 cm³/mol. The lowest BCUT2D eigenvalue weighted by Crippen LogP contribution is -2.52. The first kappa shape index (κ1) is 27.1. The van der Waals surface area contributed by atoms with Crippen LogP contribution in [0.2, 0.25) is 0 Å². The molecule has 2 aliphatic rings. The molecule has 3 heterocycles. The number of aliphatic hydroxyl groups excluding tert-OH is 1. The van der Waals surface area contributed by atoms with Crippen molar-refractivity contribution < 1.29 is 34.4 Å². The smallest absolute Gasteiger partial charge is 0.290 e. The van der Waals surface area contributed by atoms with Crippen molar-refractivity contribution in [3.8, 4) is 11.5 Å². The fourth-order valence-electron chi connectivity index (χ4n) is 4.64. The first-order valence-corrected chi connectivity index (χ1v) is 11.5. The second-order valence-corrected chi connectivity index (χ2v) is 8.11. The number of ether oxygens (including phenoxy) is 2. The molecular weight excluding hydrogens is 442 g/mol. The maximum absolute atomic E-state index is 10.1. The molecule has 0 radical (unpaired) electrons. The molecular formula is C24H35N3O7. The van der Waals surface area contributed by atoms with Crippen LogP contribution in [0, 0.1) is 0 Å². The summed E-state index contributed by atoms with van der Waals surface area (Å²) in [6.07, 6.45) is 10.9. The third kappa shape index (κ3) is 8.35. The van der Waals surface area contributed by atoms with Gasteiger partial charge in [0, 0.05) is 31.0 Å². The highest BCUT2D eigenvalue weighted by Crippen LogP contribution is 2.36. The van der Waals surface area contributed by atoms with Crippen LogP contribution in [-0.2, 0) is 22.7 Å². The number of piperidine rings is 2. The van der Waals surface area contributed by atoms with Gasteiger partial charge in [0.15, 0.2) is 11.5 Å². The van der Waals surface area contributed by atoms with Crippen LogP contribution in [0.5, 0.6) is 11.5 Å². The minimum Gasteiger partial charge on any atom is -0.490 e. The maximum atomic E-state index is 10.1. The van der Waals surface area contributed by atoms with Crippen molar-refractivity contribution in [1.82, 2.24) is 14.5 Å². The number of hydrogen-bond acceptors (Lipinski definition) is 7. The molecule has 1 aromatic carbocycles. The topological polar surface area (TPSA) is 134 Å². The van der Waals surface area contributed by atoms with E-state index in [0.717, 1.165) is 37.4 Å². The molecule has 10 nitrogen and oxygen atoms in total. The van der Waals surface area contributed by atoms with E-state index >= 15 is 0 Å². The van der Waals surface area contributed by atoms with Gasteiger partial charge in [-0.25, -0.2) is 4.98 Å². The summed E-state index contributed by atoms with van der Waals surface area (Å²) in [5.74, 6) is 1.60. The average Bonchev–Trinajstić information content (AvgIpc) is 3.31. The molecule has 1 unspecified atom stereocenters. The normalized spacial score (nSPS) is 21.2. The number of benzene rings is 1. The SMILES string of the molecule is CCOc1cc(CN2[C@@H]3CCC[C@H]2CC(O)C3)ccc1OCCn1ccnc1.O=CO.O=CO. The van der Waals surface area contributed by atoms with E-state index < -0.39 is 0 Å². The quantitative estimate of drug-likeness (QED) is 0.490. The Balaban J connectivity index is 0.000000618. The van der Waals surface area contributed by atoms with Crippen LogP contribution in [-0.4, -0.2) is 74.1 Å². The number of hydrogen-bond donors (Lipinski definition) is 3. The van der Waals surface area contributed by atoms with Crippen molar-refractivity contribution in [2.24, 2.45) is 0 Å². The Bertz CT molecular complexity index is 827. The standard InChI is InChI=1S/C22H31N3O3.2CH2O2/c1-2-27-22-12-17(6-7-21(22)28-11-10-24-9-8-23-16-24)15-25-18-4-3-5-19(25)14-20(26)13-18;2*2-1-3/h6-9,12,16,18-20,26H,2-5,10-11,13-15H2,1H3;2*1H,(H,2,3)/t18-,19+,20?;;. The van der Waals surface area contributed by atoms with E-state index in [1.54, 1.807) is 12.5 Å². The van der Waals surface area contributed by atoms with Gasteiger partial charge >= 0.3 is 0 Å². The molecule has 3 atom stereocenters. The number of aromatic nitrogens is 2. The summed E-state index contributed by atoms with van der Waals surface area (Å²) in [4.78, 5) is 23.4. The summed E-state index contributed by atoms with van der Waals surface area (Å²) in [6.45, 7) is 4.36. The highest BCUT2D eigenvalue weighted by atomic mass is 16.5. The largest absolute Gasteiger partial charge is 0.490 e. The van der Waals surface area contributed by atoms with Crippen molar-refractivity contribution in [2.75, 3.05) is 13.2 Å². The first-order valence-electron chi connectivity index (χ1n) is 11.5. The summed E-state index contributed by atoms with van der Waals surface area (Å²) in [7, 11) is 0. The summed E-state index contributed by atoms with van der Waals surface area (Å²) in [5, 5.41) is 23.9. The number of rotatable bonds is 8. The zero-order valence-electron chi connectivity index (χ0n) is 19.5. The zero-order valence-corrected chi connectivity index (χ0v) is 19.5. The lowest BCUT2D eigenvalue weighted by Gasteiger charge is -2.48. The van der Waals surface area contributed by atoms with E-state index in [9.17, 15) is 5.11 Å². The molecule has 1 aromatic heterocycles. The molecule has 0 spiro atoms. The number of imidazole rings is 1. The number of aliphatic hydroxyl groups is 1. The number of nitrogens with zero attached hydrogens (tertiary/aromatic N) is 3. The fraction of sp³-hybridized carbons (Fsp3) is 0.542. The Kier molecular flexibility index (Phi) is 11.9. The van der Waals surface area contributed by atoms with Crippen molar-refractivity contribution >= 4 is 12.9 Å². The van der Waals surface area contributed by atoms with Gasteiger partial charge in [-0.3, -0.25) is 14.5 Å². The highest BCUT2D eigenvalue weighted by Gasteiger charge is 2.37. The van der Waals surface area contributed by atoms with Gasteiger partial charge in [-0.2, -0.15) is 0 Å². The van der Waals surface area contributed by atoms with E-state index in [4.69, 9.17) is 29.3 Å². The second-order valence-electron chi connectivity index (χ2n) is 8.11. The summed E-state index contributed by atoms with van der Waals surface area (Å²) in [5.41, 5.74) is 1.25. The molecule has 3 N–H and O–H groups in total. The molecule has 0 saturated carbocycles. The van der Waals surface area contributed by atoms with Gasteiger partial charge in [-0.05, 0) is 50.3 Å². The Hall–Kier alpha value is -3.11. The number of carbonyl (C=O) groups is 2. The van der Waals surface area contributed by atoms with Gasteiger partial charge in [0.1, 0.15) is 6.61 Å². The van der Waals surface area contributed by atoms with Gasteiger partial charge in [-0.1, -0.05) is 12.5 Å². The molecule has 34 heavy (non-hydrogen) atoms. The van der Waals surface area contributed by atoms with Crippen LogP contribution in [0.3, 0.4) is 0 Å². The summed E-state index contributed by atoms with van der Waals surface area (Å²) in [6, 6.07) is 7.31. The minimum atomic E-state index is -0.250. The maximum Gasteiger partial charge on any atom is 0.290 e. The van der Waals surface area contributed by atoms with E-state index in [-0.39, 0.29) is 19.0 Å². The molecule has 10 heteroatoms. The van der Waals surface area contributed by atoms with E-state index in [0.29, 0.717) is 25.3 Å². The molecule has 2 saturated heterocycles. The highest BCUT2D eigenvalue weighted by molar-refractivity contribution is 5.43. The van der Waals surface area contributed by atoms with Crippen LogP contribution < -0.4 is 9.47 Å². The number of fused-ring (bicyclic) bond motifs is 2. The summed E-state index contributed by atoms with van der Waals surface area (Å²) < 4.78 is 13.8. The minimum absolute atomic E-state index is 0.128. The second kappa shape index (κ2) is 14.9. The van der Waals surface area contributed by atoms with E-state index in [2.05, 4.69) is 22.0 Å². The Labute approximate surface area is 199 Å². The monoisotopic (exact) mass is 477 g/mol. The molecule has 4 rings (SSSR count). The van der Waals surface area contributed by atoms with Gasteiger partial charge < -0.3 is 29.4 Å². The van der Waals surface area contributed by atoms with Crippen LogP contribution in [0.4, 0.5) is 0 Å². The van der Waals surface area contributed by atoms with Gasteiger partial charge in [-0.15, -0.1) is 0 Å². The molecule has 2 fully saturated rings. The fourth-order valence-corrected chi connectivity index (χ4v) is 4.64. The van der Waals surface area contributed by atoms with Crippen LogP contribution in [0.25, 0.3) is 0 Å². The lowest BCUT2D eigenvalue weighted by atomic mass is 9.82. The third-order valence-electron chi connectivity index (χ3n) is 5.94. The van der Waals surface area contributed by atoms with Crippen molar-refractivity contribution in [2.45, 2.75) is 70.3 Å². The van der Waals surface area contributed by atoms with Crippen LogP contribution >= 0.6 is 0 Å². The van der Waals surface area contributed by atoms with Gasteiger partial charge in [0.2, 0.25) is 0 Å². The average molecular weight is 478 g/mol. The molecule has 2 aliphatic heterocycles. The lowest BCUT2D eigenvalue weighted by molar-refractivity contribution is -0.123. The van der Waals surface area contributed by atoms with Crippen LogP contribution in [0.1, 0.15) is 44.6 Å². The van der Waals surface area contributed by atoms with E-state index in [1.165, 1.54) is 24.8 Å². The summed E-state index contributed by atoms with van der Waals surface area (Å²) >= 11 is 0. The Morgan fingerprint density at radius 1 is 1.09 bits per heavy atom. The molecule has 2 aromatic rings.